The second-order valence-electron chi connectivity index (χ2n) is 5.47. The summed E-state index contributed by atoms with van der Waals surface area (Å²) in [6.45, 7) is 2.07. The van der Waals surface area contributed by atoms with E-state index in [1.807, 2.05) is 12.1 Å². The predicted octanol–water partition coefficient (Wildman–Crippen LogP) is 0.385. The molecule has 1 saturated carbocycles. The van der Waals surface area contributed by atoms with Gasteiger partial charge in [-0.1, -0.05) is 0 Å². The maximum Gasteiger partial charge on any atom is 0.138 e. The van der Waals surface area contributed by atoms with Crippen molar-refractivity contribution in [3.8, 4) is 5.75 Å². The van der Waals surface area contributed by atoms with Crippen LogP contribution < -0.4 is 10.5 Å². The highest BCUT2D eigenvalue weighted by Crippen LogP contribution is 2.29. The van der Waals surface area contributed by atoms with E-state index in [9.17, 15) is 5.11 Å². The summed E-state index contributed by atoms with van der Waals surface area (Å²) in [6, 6.07) is 3.70. The second-order valence-corrected chi connectivity index (χ2v) is 5.47. The summed E-state index contributed by atoms with van der Waals surface area (Å²) in [7, 11) is 0. The molecule has 3 rings (SSSR count). The number of hydrogen-bond acceptors (Lipinski definition) is 5. The Kier molecular flexibility index (Phi) is 3.68. The lowest BCUT2D eigenvalue weighted by Crippen LogP contribution is -2.49. The minimum atomic E-state index is -0.520. The van der Waals surface area contributed by atoms with Gasteiger partial charge in [0.2, 0.25) is 0 Å². The van der Waals surface area contributed by atoms with Gasteiger partial charge in [-0.3, -0.25) is 9.88 Å². The Morgan fingerprint density at radius 2 is 2.16 bits per heavy atom. The summed E-state index contributed by atoms with van der Waals surface area (Å²) in [5.41, 5.74) is 6.20. The van der Waals surface area contributed by atoms with E-state index >= 15 is 0 Å². The van der Waals surface area contributed by atoms with Crippen LogP contribution in [0.25, 0.3) is 0 Å². The van der Waals surface area contributed by atoms with Gasteiger partial charge in [-0.05, 0) is 38.1 Å². The first kappa shape index (κ1) is 12.8. The SMILES string of the molecule is N[C@@H]1C[C@@H](Oc2cccnc2)[C@H](O)[C@H]1N1CCCC1. The van der Waals surface area contributed by atoms with Crippen LogP contribution in [0, 0.1) is 0 Å². The van der Waals surface area contributed by atoms with E-state index in [1.54, 1.807) is 12.4 Å². The molecule has 2 fully saturated rings. The minimum absolute atomic E-state index is 0.0187. The van der Waals surface area contributed by atoms with Crippen LogP contribution in [0.3, 0.4) is 0 Å². The fourth-order valence-electron chi connectivity index (χ4n) is 3.26. The Morgan fingerprint density at radius 1 is 1.37 bits per heavy atom. The van der Waals surface area contributed by atoms with Crippen molar-refractivity contribution in [1.29, 1.82) is 0 Å². The Labute approximate surface area is 113 Å². The molecule has 1 aliphatic heterocycles. The predicted molar refractivity (Wildman–Crippen MR) is 71.8 cm³/mol. The van der Waals surface area contributed by atoms with Crippen LogP contribution in [0.2, 0.25) is 0 Å². The smallest absolute Gasteiger partial charge is 0.138 e. The lowest BCUT2D eigenvalue weighted by Gasteiger charge is -2.30. The average molecular weight is 263 g/mol. The quantitative estimate of drug-likeness (QED) is 0.825. The fraction of sp³-hybridized carbons (Fsp3) is 0.643. The molecule has 104 valence electrons. The van der Waals surface area contributed by atoms with Crippen molar-refractivity contribution < 1.29 is 9.84 Å². The maximum absolute atomic E-state index is 10.5. The molecule has 0 amide bonds. The van der Waals surface area contributed by atoms with Crippen LogP contribution in [-0.4, -0.2) is 52.4 Å². The van der Waals surface area contributed by atoms with Crippen molar-refractivity contribution in [2.24, 2.45) is 5.73 Å². The molecule has 5 nitrogen and oxygen atoms in total. The van der Waals surface area contributed by atoms with Crippen molar-refractivity contribution in [2.45, 2.75) is 43.6 Å². The van der Waals surface area contributed by atoms with E-state index in [1.165, 1.54) is 12.8 Å². The molecule has 5 heteroatoms. The molecule has 0 spiro atoms. The second kappa shape index (κ2) is 5.45. The van der Waals surface area contributed by atoms with Gasteiger partial charge in [0.05, 0.1) is 12.2 Å². The number of likely N-dealkylation sites (tertiary alicyclic amines) is 1. The number of pyridine rings is 1. The molecule has 0 aromatic carbocycles. The third-order valence-electron chi connectivity index (χ3n) is 4.16. The van der Waals surface area contributed by atoms with Crippen LogP contribution in [0.5, 0.6) is 5.75 Å². The van der Waals surface area contributed by atoms with E-state index < -0.39 is 6.10 Å². The highest BCUT2D eigenvalue weighted by molar-refractivity contribution is 5.17. The fourth-order valence-corrected chi connectivity index (χ4v) is 3.26. The van der Waals surface area contributed by atoms with Gasteiger partial charge in [-0.25, -0.2) is 0 Å². The monoisotopic (exact) mass is 263 g/mol. The molecule has 2 aliphatic rings. The summed E-state index contributed by atoms with van der Waals surface area (Å²) in [4.78, 5) is 6.33. The largest absolute Gasteiger partial charge is 0.486 e. The number of hydrogen-bond donors (Lipinski definition) is 2. The molecule has 1 aromatic rings. The number of aromatic nitrogens is 1. The third kappa shape index (κ3) is 2.59. The van der Waals surface area contributed by atoms with Gasteiger partial charge in [0.1, 0.15) is 18.0 Å². The molecule has 1 saturated heterocycles. The molecule has 19 heavy (non-hydrogen) atoms. The minimum Gasteiger partial charge on any atom is -0.486 e. The van der Waals surface area contributed by atoms with Crippen LogP contribution in [0.15, 0.2) is 24.5 Å². The first-order valence-corrected chi connectivity index (χ1v) is 7.00. The van der Waals surface area contributed by atoms with Gasteiger partial charge >= 0.3 is 0 Å². The first-order valence-electron chi connectivity index (χ1n) is 7.00. The Morgan fingerprint density at radius 3 is 2.84 bits per heavy atom. The molecule has 1 aliphatic carbocycles. The zero-order valence-electron chi connectivity index (χ0n) is 11.0. The maximum atomic E-state index is 10.5. The summed E-state index contributed by atoms with van der Waals surface area (Å²) < 4.78 is 5.83. The van der Waals surface area contributed by atoms with Gasteiger partial charge in [0.15, 0.2) is 0 Å². The molecule has 0 radical (unpaired) electrons. The van der Waals surface area contributed by atoms with E-state index in [4.69, 9.17) is 10.5 Å². The number of aliphatic hydroxyl groups is 1. The lowest BCUT2D eigenvalue weighted by molar-refractivity contribution is 0.0150. The molecule has 0 unspecified atom stereocenters. The summed E-state index contributed by atoms with van der Waals surface area (Å²) >= 11 is 0. The summed E-state index contributed by atoms with van der Waals surface area (Å²) in [5, 5.41) is 10.5. The van der Waals surface area contributed by atoms with Crippen LogP contribution >= 0.6 is 0 Å². The van der Waals surface area contributed by atoms with Gasteiger partial charge < -0.3 is 15.6 Å². The van der Waals surface area contributed by atoms with Crippen molar-refractivity contribution in [1.82, 2.24) is 9.88 Å². The first-order chi connectivity index (χ1) is 9.25. The van der Waals surface area contributed by atoms with Gasteiger partial charge in [0.25, 0.3) is 0 Å². The topological polar surface area (TPSA) is 71.6 Å². The molecule has 2 heterocycles. The van der Waals surface area contributed by atoms with E-state index in [0.717, 1.165) is 13.1 Å². The molecular weight excluding hydrogens is 242 g/mol. The number of rotatable bonds is 3. The standard InChI is InChI=1S/C14H21N3O2/c15-11-8-12(19-10-4-3-5-16-9-10)14(18)13(11)17-6-1-2-7-17/h3-5,9,11-14,18H,1-2,6-8,15H2/t11-,12-,13+,14+/m1/s1. The van der Waals surface area contributed by atoms with Gasteiger partial charge in [0, 0.05) is 18.7 Å². The average Bonchev–Trinajstić information content (AvgIpc) is 3.01. The highest BCUT2D eigenvalue weighted by atomic mass is 16.5. The third-order valence-corrected chi connectivity index (χ3v) is 4.16. The van der Waals surface area contributed by atoms with Crippen LogP contribution in [-0.2, 0) is 0 Å². The normalized spacial score (nSPS) is 35.7. The molecular formula is C14H21N3O2. The highest BCUT2D eigenvalue weighted by Gasteiger charge is 2.45. The Bertz CT molecular complexity index is 408. The van der Waals surface area contributed by atoms with E-state index in [2.05, 4.69) is 9.88 Å². The number of ether oxygens (including phenoxy) is 1. The molecule has 4 atom stereocenters. The molecule has 0 bridgehead atoms. The molecule has 3 N–H and O–H groups in total. The van der Waals surface area contributed by atoms with Crippen LogP contribution in [0.4, 0.5) is 0 Å². The van der Waals surface area contributed by atoms with Gasteiger partial charge in [-0.15, -0.1) is 0 Å². The lowest BCUT2D eigenvalue weighted by atomic mass is 10.1. The Balaban J connectivity index is 1.68. The summed E-state index contributed by atoms with van der Waals surface area (Å²) in [5.74, 6) is 0.695. The van der Waals surface area contributed by atoms with E-state index in [-0.39, 0.29) is 18.2 Å². The van der Waals surface area contributed by atoms with Gasteiger partial charge in [-0.2, -0.15) is 0 Å². The van der Waals surface area contributed by atoms with Crippen LogP contribution in [0.1, 0.15) is 19.3 Å². The number of nitrogens with zero attached hydrogens (tertiary/aromatic N) is 2. The summed E-state index contributed by atoms with van der Waals surface area (Å²) in [6.07, 6.45) is 5.71. The van der Waals surface area contributed by atoms with Crippen molar-refractivity contribution in [3.05, 3.63) is 24.5 Å². The van der Waals surface area contributed by atoms with E-state index in [0.29, 0.717) is 12.2 Å². The number of nitrogens with two attached hydrogens (primary N) is 1. The van der Waals surface area contributed by atoms with Crippen molar-refractivity contribution in [3.63, 3.8) is 0 Å². The zero-order valence-corrected chi connectivity index (χ0v) is 11.0. The zero-order chi connectivity index (χ0) is 13.2. The van der Waals surface area contributed by atoms with Crippen molar-refractivity contribution in [2.75, 3.05) is 13.1 Å². The molecule has 1 aromatic heterocycles. The van der Waals surface area contributed by atoms with Crippen molar-refractivity contribution >= 4 is 0 Å². The number of aliphatic hydroxyl groups excluding tert-OH is 1. The Hall–Kier alpha value is -1.17.